The molecule has 2 aromatic carbocycles. The van der Waals surface area contributed by atoms with Crippen molar-refractivity contribution < 1.29 is 31.4 Å². The van der Waals surface area contributed by atoms with E-state index in [-0.39, 0.29) is 35.1 Å². The fourth-order valence-electron chi connectivity index (χ4n) is 6.40. The van der Waals surface area contributed by atoms with Gasteiger partial charge >= 0.3 is 6.18 Å². The molecule has 1 saturated carbocycles. The Hall–Kier alpha value is -4.28. The molecule has 1 aliphatic carbocycles. The molecule has 47 heavy (non-hydrogen) atoms. The molecule has 8 nitrogen and oxygen atoms in total. The summed E-state index contributed by atoms with van der Waals surface area (Å²) in [5.41, 5.74) is 1.84. The number of nitrogens with zero attached hydrogens (tertiary/aromatic N) is 5. The predicted octanol–water partition coefficient (Wildman–Crippen LogP) is 7.50. The monoisotopic (exact) mass is 670 g/mol. The Morgan fingerprint density at radius 3 is 2.66 bits per heavy atom. The minimum Gasteiger partial charge on any atom is -0.444 e. The number of rotatable bonds is 7. The molecule has 0 bridgehead atoms. The molecule has 2 aromatic heterocycles. The van der Waals surface area contributed by atoms with Crippen molar-refractivity contribution >= 4 is 11.6 Å². The molecule has 3 atom stereocenters. The summed E-state index contributed by atoms with van der Waals surface area (Å²) in [7, 11) is 0. The second-order valence-electron chi connectivity index (χ2n) is 12.5. The van der Waals surface area contributed by atoms with Crippen molar-refractivity contribution in [3.63, 3.8) is 0 Å². The topological polar surface area (TPSA) is 100.0 Å². The fourth-order valence-corrected chi connectivity index (χ4v) is 6.56. The van der Waals surface area contributed by atoms with Gasteiger partial charge in [-0.1, -0.05) is 23.7 Å². The third-order valence-corrected chi connectivity index (χ3v) is 9.36. The minimum absolute atomic E-state index is 0.0837. The van der Waals surface area contributed by atoms with Crippen molar-refractivity contribution in [1.29, 1.82) is 5.26 Å². The molecule has 0 spiro atoms. The molecule has 4 aromatic rings. The lowest BCUT2D eigenvalue weighted by Crippen LogP contribution is -2.40. The van der Waals surface area contributed by atoms with Crippen LogP contribution in [0.5, 0.6) is 11.5 Å². The number of aromatic nitrogens is 4. The van der Waals surface area contributed by atoms with Crippen LogP contribution in [-0.2, 0) is 24.9 Å². The van der Waals surface area contributed by atoms with Crippen LogP contribution in [0.2, 0.25) is 5.02 Å². The molecule has 0 radical (unpaired) electrons. The highest BCUT2D eigenvalue weighted by atomic mass is 35.5. The van der Waals surface area contributed by atoms with E-state index in [4.69, 9.17) is 21.1 Å². The average molecular weight is 671 g/mol. The van der Waals surface area contributed by atoms with Gasteiger partial charge in [0, 0.05) is 48.3 Å². The lowest BCUT2D eigenvalue weighted by atomic mass is 9.87. The van der Waals surface area contributed by atoms with Crippen LogP contribution in [0.1, 0.15) is 60.3 Å². The number of halogens is 6. The number of piperidine rings is 1. The molecule has 7 rings (SSSR count). The first-order valence-corrected chi connectivity index (χ1v) is 15.5. The summed E-state index contributed by atoms with van der Waals surface area (Å²) in [5.74, 6) is -3.16. The van der Waals surface area contributed by atoms with Gasteiger partial charge in [0.2, 0.25) is 5.82 Å². The highest BCUT2D eigenvalue weighted by molar-refractivity contribution is 6.30. The Morgan fingerprint density at radius 1 is 1.17 bits per heavy atom. The Morgan fingerprint density at radius 2 is 1.98 bits per heavy atom. The number of fused-ring (bicyclic) bond motifs is 1. The Balaban J connectivity index is 1.09. The molecule has 1 unspecified atom stereocenters. The molecule has 2 aliphatic heterocycles. The molecular formula is C33H28ClF5N6O2. The summed E-state index contributed by atoms with van der Waals surface area (Å²) in [6.45, 7) is 2.48. The summed E-state index contributed by atoms with van der Waals surface area (Å²) in [6, 6.07) is 13.5. The van der Waals surface area contributed by atoms with E-state index in [0.717, 1.165) is 0 Å². The number of likely N-dealkylation sites (tertiary alicyclic amines) is 1. The van der Waals surface area contributed by atoms with E-state index in [1.54, 1.807) is 37.3 Å². The summed E-state index contributed by atoms with van der Waals surface area (Å²) >= 11 is 5.93. The number of benzene rings is 2. The molecule has 4 heterocycles. The maximum Gasteiger partial charge on any atom is 0.451 e. The molecule has 1 N–H and O–H groups in total. The molecule has 2 fully saturated rings. The Labute approximate surface area is 271 Å². The molecule has 244 valence electrons. The van der Waals surface area contributed by atoms with Crippen molar-refractivity contribution in [3.05, 3.63) is 87.7 Å². The Kier molecular flexibility index (Phi) is 7.63. The normalized spacial score (nSPS) is 23.4. The number of hydrogen-bond donors (Lipinski definition) is 1. The molecule has 1 saturated heterocycles. The first-order valence-electron chi connectivity index (χ1n) is 15.1. The smallest absolute Gasteiger partial charge is 0.444 e. The van der Waals surface area contributed by atoms with Gasteiger partial charge < -0.3 is 9.47 Å². The van der Waals surface area contributed by atoms with Crippen LogP contribution in [-0.4, -0.2) is 44.3 Å². The van der Waals surface area contributed by atoms with Crippen molar-refractivity contribution in [2.75, 3.05) is 13.1 Å². The maximum atomic E-state index is 16.0. The largest absolute Gasteiger partial charge is 0.451 e. The zero-order chi connectivity index (χ0) is 33.1. The van der Waals surface area contributed by atoms with Crippen LogP contribution in [0.4, 0.5) is 22.0 Å². The van der Waals surface area contributed by atoms with Gasteiger partial charge in [0.25, 0.3) is 5.79 Å². The van der Waals surface area contributed by atoms with Crippen LogP contribution >= 0.6 is 11.6 Å². The predicted molar refractivity (Wildman–Crippen MR) is 160 cm³/mol. The number of alkyl halides is 4. The highest BCUT2D eigenvalue weighted by Gasteiger charge is 2.45. The van der Waals surface area contributed by atoms with Crippen molar-refractivity contribution in [3.8, 4) is 29.0 Å². The van der Waals surface area contributed by atoms with E-state index < -0.39 is 41.1 Å². The standard InChI is InChI=1S/C33H28ClF5N6O2/c1-31(23-6-5-20(34)12-24(23)35)46-27-4-2-3-22(28(27)47-31)21-7-10-45(15-25(21)36)16-26-18(13-32(17-40)8-9-32)11-19(14-41-26)29-42-30(44-43-29)33(37,38)39/h2-6,11-12,14,21,25H,7-10,13,15-16H2,1H3,(H,42,43,44)/t21?,25-,31+/m1/s1. The summed E-state index contributed by atoms with van der Waals surface area (Å²) < 4.78 is 82.4. The molecule has 0 amide bonds. The lowest BCUT2D eigenvalue weighted by molar-refractivity contribution is -0.144. The van der Waals surface area contributed by atoms with E-state index in [1.165, 1.54) is 18.3 Å². The summed E-state index contributed by atoms with van der Waals surface area (Å²) in [6.07, 6.45) is -2.33. The number of aromatic amines is 1. The van der Waals surface area contributed by atoms with Gasteiger partial charge in [0.1, 0.15) is 12.0 Å². The number of para-hydroxylation sites is 1. The Bertz CT molecular complexity index is 1890. The van der Waals surface area contributed by atoms with E-state index in [0.29, 0.717) is 60.5 Å². The summed E-state index contributed by atoms with van der Waals surface area (Å²) in [5, 5.41) is 15.6. The number of pyridine rings is 1. The SMILES string of the molecule is C[C@]1(c2ccc(Cl)cc2F)Oc2cccc(C3CCN(Cc4ncc(-c5n[nH]c(C(F)(F)F)n5)cc4CC4(C#N)CC4)C[C@H]3F)c2O1. The minimum atomic E-state index is -4.68. The molecule has 14 heteroatoms. The van der Waals surface area contributed by atoms with Gasteiger partial charge in [-0.05, 0) is 68.1 Å². The summed E-state index contributed by atoms with van der Waals surface area (Å²) in [4.78, 5) is 10.1. The van der Waals surface area contributed by atoms with Crippen molar-refractivity contribution in [2.24, 2.45) is 5.41 Å². The van der Waals surface area contributed by atoms with E-state index >= 15 is 4.39 Å². The number of H-pyrrole nitrogens is 1. The quantitative estimate of drug-likeness (QED) is 0.203. The highest BCUT2D eigenvalue weighted by Crippen LogP contribution is 2.51. The second-order valence-corrected chi connectivity index (χ2v) is 12.9. The fraction of sp³-hybridized carbons (Fsp3) is 0.394. The van der Waals surface area contributed by atoms with E-state index in [9.17, 15) is 22.8 Å². The third kappa shape index (κ3) is 6.00. The van der Waals surface area contributed by atoms with Crippen LogP contribution in [0.25, 0.3) is 11.4 Å². The second kappa shape index (κ2) is 11.5. The average Bonchev–Trinajstić information content (AvgIpc) is 3.42. The molecular weight excluding hydrogens is 643 g/mol. The number of hydrogen-bond acceptors (Lipinski definition) is 7. The zero-order valence-corrected chi connectivity index (χ0v) is 25.8. The van der Waals surface area contributed by atoms with E-state index in [2.05, 4.69) is 21.1 Å². The van der Waals surface area contributed by atoms with E-state index in [1.807, 2.05) is 10.00 Å². The maximum absolute atomic E-state index is 16.0. The van der Waals surface area contributed by atoms with Gasteiger partial charge in [0.15, 0.2) is 17.3 Å². The van der Waals surface area contributed by atoms with Gasteiger partial charge in [0.05, 0.1) is 22.7 Å². The zero-order valence-electron chi connectivity index (χ0n) is 25.0. The number of nitrogens with one attached hydrogen (secondary N) is 1. The van der Waals surface area contributed by atoms with Gasteiger partial charge in [-0.25, -0.2) is 13.8 Å². The van der Waals surface area contributed by atoms with Gasteiger partial charge in [-0.15, -0.1) is 0 Å². The number of ether oxygens (including phenoxy) is 2. The van der Waals surface area contributed by atoms with Crippen molar-refractivity contribution in [1.82, 2.24) is 25.1 Å². The van der Waals surface area contributed by atoms with Crippen LogP contribution in [0.3, 0.4) is 0 Å². The first kappa shape index (κ1) is 31.3. The molecule has 3 aliphatic rings. The van der Waals surface area contributed by atoms with Crippen LogP contribution < -0.4 is 9.47 Å². The van der Waals surface area contributed by atoms with Gasteiger partial charge in [-0.2, -0.15) is 23.5 Å². The van der Waals surface area contributed by atoms with Gasteiger partial charge in [-0.3, -0.25) is 15.0 Å². The third-order valence-electron chi connectivity index (χ3n) is 9.12. The van der Waals surface area contributed by atoms with Crippen molar-refractivity contribution in [2.45, 2.75) is 63.2 Å². The number of nitriles is 1. The van der Waals surface area contributed by atoms with Crippen LogP contribution in [0.15, 0.2) is 48.7 Å². The van der Waals surface area contributed by atoms with Crippen LogP contribution in [0, 0.1) is 22.6 Å². The lowest BCUT2D eigenvalue weighted by Gasteiger charge is -2.35. The first-order chi connectivity index (χ1) is 22.4.